The number of hydrazine groups is 1. The molecule has 2 rings (SSSR count). The number of hydrogen-bond acceptors (Lipinski definition) is 3. The molecular formula is C7H14N3. The topological polar surface area (TPSA) is 18.5 Å². The van der Waals surface area contributed by atoms with Gasteiger partial charge in [0.25, 0.3) is 0 Å². The Hall–Kier alpha value is -0.120. The molecule has 3 nitrogen and oxygen atoms in total. The molecular weight excluding hydrogens is 126 g/mol. The molecule has 0 atom stereocenters. The first-order chi connectivity index (χ1) is 4.97. The second kappa shape index (κ2) is 2.86. The molecule has 57 valence electrons. The van der Waals surface area contributed by atoms with Crippen LogP contribution in [0.5, 0.6) is 0 Å². The van der Waals surface area contributed by atoms with Crippen LogP contribution in [0.25, 0.3) is 0 Å². The van der Waals surface area contributed by atoms with Gasteiger partial charge in [0.15, 0.2) is 0 Å². The van der Waals surface area contributed by atoms with E-state index in [2.05, 4.69) is 21.8 Å². The first kappa shape index (κ1) is 6.58. The van der Waals surface area contributed by atoms with Crippen LogP contribution in [0.2, 0.25) is 0 Å². The molecule has 1 N–H and O–H groups in total. The molecule has 0 aliphatic carbocycles. The molecule has 2 fully saturated rings. The number of piperazine rings is 1. The largest absolute Gasteiger partial charge is 0.314 e. The van der Waals surface area contributed by atoms with Crippen molar-refractivity contribution in [1.29, 1.82) is 0 Å². The van der Waals surface area contributed by atoms with Crippen molar-refractivity contribution in [1.82, 2.24) is 15.3 Å². The Kier molecular flexibility index (Phi) is 1.88. The molecule has 0 aromatic rings. The Morgan fingerprint density at radius 1 is 1.00 bits per heavy atom. The van der Waals surface area contributed by atoms with Crippen molar-refractivity contribution >= 4 is 0 Å². The summed E-state index contributed by atoms with van der Waals surface area (Å²) in [7, 11) is 0. The normalized spacial score (nSPS) is 30.0. The lowest BCUT2D eigenvalue weighted by Crippen LogP contribution is -2.57. The minimum absolute atomic E-state index is 1.15. The van der Waals surface area contributed by atoms with E-state index in [1.165, 1.54) is 26.2 Å². The van der Waals surface area contributed by atoms with E-state index in [0.717, 1.165) is 13.1 Å². The molecule has 3 heteroatoms. The Bertz CT molecular complexity index is 105. The van der Waals surface area contributed by atoms with Crippen LogP contribution in [0.15, 0.2) is 0 Å². The maximum Gasteiger partial charge on any atom is 0.0259 e. The van der Waals surface area contributed by atoms with E-state index in [4.69, 9.17) is 0 Å². The average Bonchev–Trinajstić information content (AvgIpc) is 1.86. The van der Waals surface area contributed by atoms with E-state index in [1.807, 2.05) is 0 Å². The van der Waals surface area contributed by atoms with Crippen molar-refractivity contribution in [2.24, 2.45) is 0 Å². The molecule has 0 bridgehead atoms. The second-order valence-electron chi connectivity index (χ2n) is 2.86. The summed E-state index contributed by atoms with van der Waals surface area (Å²) >= 11 is 0. The van der Waals surface area contributed by atoms with Gasteiger partial charge in [-0.25, -0.2) is 10.0 Å². The lowest BCUT2D eigenvalue weighted by atomic mass is 10.2. The summed E-state index contributed by atoms with van der Waals surface area (Å²) < 4.78 is 0. The number of nitrogens with zero attached hydrogens (tertiary/aromatic N) is 2. The van der Waals surface area contributed by atoms with Gasteiger partial charge in [0.05, 0.1) is 0 Å². The van der Waals surface area contributed by atoms with E-state index in [0.29, 0.717) is 0 Å². The predicted octanol–water partition coefficient (Wildman–Crippen LogP) is -0.674. The van der Waals surface area contributed by atoms with Crippen LogP contribution < -0.4 is 5.32 Å². The minimum Gasteiger partial charge on any atom is -0.314 e. The van der Waals surface area contributed by atoms with Gasteiger partial charge in [0.2, 0.25) is 0 Å². The summed E-state index contributed by atoms with van der Waals surface area (Å²) in [6.45, 7) is 7.01. The van der Waals surface area contributed by atoms with Crippen molar-refractivity contribution < 1.29 is 0 Å². The lowest BCUT2D eigenvalue weighted by molar-refractivity contribution is -0.0525. The van der Waals surface area contributed by atoms with Crippen molar-refractivity contribution in [3.63, 3.8) is 0 Å². The summed E-state index contributed by atoms with van der Waals surface area (Å²) in [6, 6.07) is 0. The quantitative estimate of drug-likeness (QED) is 0.521. The van der Waals surface area contributed by atoms with Crippen molar-refractivity contribution in [2.75, 3.05) is 39.3 Å². The molecule has 2 aliphatic rings. The van der Waals surface area contributed by atoms with E-state index >= 15 is 0 Å². The number of nitrogens with one attached hydrogen (secondary N) is 1. The molecule has 0 unspecified atom stereocenters. The third-order valence-corrected chi connectivity index (χ3v) is 2.17. The van der Waals surface area contributed by atoms with Gasteiger partial charge in [-0.05, 0) is 6.42 Å². The van der Waals surface area contributed by atoms with E-state index in [-0.39, 0.29) is 0 Å². The molecule has 2 saturated heterocycles. The molecule has 0 amide bonds. The standard InChI is InChI=1S/C7H14N3/c1-4-9(5-1)10-6-2-8-3-7-10/h1,8H,2-7H2. The van der Waals surface area contributed by atoms with E-state index < -0.39 is 0 Å². The molecule has 0 aromatic carbocycles. The zero-order valence-corrected chi connectivity index (χ0v) is 6.21. The summed E-state index contributed by atoms with van der Waals surface area (Å²) in [5.74, 6) is 0. The molecule has 2 heterocycles. The van der Waals surface area contributed by atoms with Crippen LogP contribution in [0.4, 0.5) is 0 Å². The van der Waals surface area contributed by atoms with E-state index in [9.17, 15) is 0 Å². The smallest absolute Gasteiger partial charge is 0.0259 e. The van der Waals surface area contributed by atoms with Gasteiger partial charge in [0, 0.05) is 39.3 Å². The average molecular weight is 140 g/mol. The SMILES string of the molecule is [CH]1CN(N2CCNCC2)C1. The number of rotatable bonds is 1. The highest BCUT2D eigenvalue weighted by atomic mass is 15.6. The monoisotopic (exact) mass is 140 g/mol. The molecule has 0 saturated carbocycles. The summed E-state index contributed by atoms with van der Waals surface area (Å²) in [5.41, 5.74) is 0. The van der Waals surface area contributed by atoms with Crippen LogP contribution in [0.1, 0.15) is 0 Å². The third-order valence-electron chi connectivity index (χ3n) is 2.17. The van der Waals surface area contributed by atoms with Gasteiger partial charge < -0.3 is 5.32 Å². The fourth-order valence-corrected chi connectivity index (χ4v) is 1.41. The molecule has 1 radical (unpaired) electrons. The highest BCUT2D eigenvalue weighted by Gasteiger charge is 2.22. The third kappa shape index (κ3) is 1.17. The zero-order valence-electron chi connectivity index (χ0n) is 6.21. The Balaban J connectivity index is 1.78. The van der Waals surface area contributed by atoms with Gasteiger partial charge in [-0.3, -0.25) is 0 Å². The summed E-state index contributed by atoms with van der Waals surface area (Å²) in [4.78, 5) is 0. The maximum atomic E-state index is 3.34. The minimum atomic E-state index is 1.15. The first-order valence-electron chi connectivity index (χ1n) is 3.99. The summed E-state index contributed by atoms with van der Waals surface area (Å²) in [5, 5.41) is 8.18. The lowest BCUT2D eigenvalue weighted by Gasteiger charge is -2.42. The van der Waals surface area contributed by atoms with Gasteiger partial charge in [-0.2, -0.15) is 0 Å². The number of hydrogen-bond donors (Lipinski definition) is 1. The zero-order chi connectivity index (χ0) is 6.81. The summed E-state index contributed by atoms with van der Waals surface area (Å²) in [6.07, 6.45) is 2.31. The van der Waals surface area contributed by atoms with Crippen LogP contribution in [0.3, 0.4) is 0 Å². The predicted molar refractivity (Wildman–Crippen MR) is 40.3 cm³/mol. The maximum absolute atomic E-state index is 3.34. The van der Waals surface area contributed by atoms with Gasteiger partial charge >= 0.3 is 0 Å². The highest BCUT2D eigenvalue weighted by Crippen LogP contribution is 2.09. The molecule has 0 spiro atoms. The van der Waals surface area contributed by atoms with Gasteiger partial charge in [-0.1, -0.05) is 0 Å². The fraction of sp³-hybridized carbons (Fsp3) is 0.857. The van der Waals surface area contributed by atoms with Crippen LogP contribution in [-0.2, 0) is 0 Å². The van der Waals surface area contributed by atoms with Gasteiger partial charge in [-0.15, -0.1) is 0 Å². The second-order valence-corrected chi connectivity index (χ2v) is 2.86. The molecule has 0 aromatic heterocycles. The van der Waals surface area contributed by atoms with Crippen molar-refractivity contribution in [3.8, 4) is 0 Å². The molecule has 10 heavy (non-hydrogen) atoms. The van der Waals surface area contributed by atoms with Crippen LogP contribution in [0, 0.1) is 6.42 Å². The Morgan fingerprint density at radius 2 is 1.70 bits per heavy atom. The van der Waals surface area contributed by atoms with Gasteiger partial charge in [0.1, 0.15) is 0 Å². The Labute approximate surface area is 62.0 Å². The first-order valence-corrected chi connectivity index (χ1v) is 3.99. The fourth-order valence-electron chi connectivity index (χ4n) is 1.41. The molecule has 2 aliphatic heterocycles. The Morgan fingerprint density at radius 3 is 2.20 bits per heavy atom. The van der Waals surface area contributed by atoms with Crippen molar-refractivity contribution in [3.05, 3.63) is 6.42 Å². The van der Waals surface area contributed by atoms with Crippen LogP contribution >= 0.6 is 0 Å². The van der Waals surface area contributed by atoms with E-state index in [1.54, 1.807) is 0 Å². The van der Waals surface area contributed by atoms with Crippen molar-refractivity contribution in [2.45, 2.75) is 0 Å². The highest BCUT2D eigenvalue weighted by molar-refractivity contribution is 4.85. The van der Waals surface area contributed by atoms with Crippen LogP contribution in [-0.4, -0.2) is 49.3 Å².